The van der Waals surface area contributed by atoms with Crippen molar-refractivity contribution in [3.8, 4) is 0 Å². The van der Waals surface area contributed by atoms with E-state index in [-0.39, 0.29) is 12.1 Å². The van der Waals surface area contributed by atoms with Crippen molar-refractivity contribution in [2.75, 3.05) is 6.54 Å². The van der Waals surface area contributed by atoms with Gasteiger partial charge >= 0.3 is 0 Å². The van der Waals surface area contributed by atoms with Gasteiger partial charge in [0, 0.05) is 19.0 Å². The highest BCUT2D eigenvalue weighted by Gasteiger charge is 2.25. The van der Waals surface area contributed by atoms with Gasteiger partial charge in [-0.3, -0.25) is 9.35 Å². The van der Waals surface area contributed by atoms with Crippen LogP contribution in [0.15, 0.2) is 29.2 Å². The van der Waals surface area contributed by atoms with Crippen LogP contribution in [-0.4, -0.2) is 41.7 Å². The van der Waals surface area contributed by atoms with E-state index in [0.717, 1.165) is 6.07 Å². The van der Waals surface area contributed by atoms with Crippen molar-refractivity contribution in [1.29, 1.82) is 0 Å². The van der Waals surface area contributed by atoms with Crippen LogP contribution >= 0.6 is 0 Å². The maximum absolute atomic E-state index is 11.1. The molecule has 2 atom stereocenters. The van der Waals surface area contributed by atoms with Crippen LogP contribution in [0.4, 0.5) is 0 Å². The van der Waals surface area contributed by atoms with Crippen LogP contribution in [-0.2, 0) is 14.9 Å². The van der Waals surface area contributed by atoms with Crippen LogP contribution in [0.1, 0.15) is 18.6 Å². The Morgan fingerprint density at radius 2 is 1.89 bits per heavy atom. The van der Waals surface area contributed by atoms with Gasteiger partial charge in [0.15, 0.2) is 0 Å². The number of rotatable bonds is 5. The van der Waals surface area contributed by atoms with E-state index >= 15 is 0 Å². The molecule has 19 heavy (non-hydrogen) atoms. The van der Waals surface area contributed by atoms with Gasteiger partial charge in [0.1, 0.15) is 12.2 Å². The van der Waals surface area contributed by atoms with Crippen LogP contribution in [0.25, 0.3) is 0 Å². The fraction of sp³-hybridized carbons (Fsp3) is 0.364. The number of aliphatic hydroxyl groups excluding tert-OH is 2. The van der Waals surface area contributed by atoms with Gasteiger partial charge in [-0.15, -0.1) is 0 Å². The molecule has 0 saturated heterocycles. The third kappa shape index (κ3) is 4.28. The molecular weight excluding hydrogens is 274 g/mol. The molecule has 0 saturated carbocycles. The van der Waals surface area contributed by atoms with Gasteiger partial charge in [-0.05, 0) is 6.07 Å². The van der Waals surface area contributed by atoms with Crippen molar-refractivity contribution in [3.05, 3.63) is 29.8 Å². The number of hydrogen-bond donors (Lipinski definition) is 4. The summed E-state index contributed by atoms with van der Waals surface area (Å²) in [5.74, 6) is -0.394. The molecule has 8 heteroatoms. The standard InChI is InChI=1S/C11H15NO6S/c1-7(13)12-6-9(14)11(15)8-4-2-3-5-10(8)19(16,17)18/h2-5,9,11,14-15H,6H2,1H3,(H,12,13)(H,16,17,18). The quantitative estimate of drug-likeness (QED) is 0.540. The summed E-state index contributed by atoms with van der Waals surface area (Å²) >= 11 is 0. The van der Waals surface area contributed by atoms with E-state index in [1.807, 2.05) is 0 Å². The molecule has 7 nitrogen and oxygen atoms in total. The fourth-order valence-corrected chi connectivity index (χ4v) is 2.26. The number of nitrogens with one attached hydrogen (secondary N) is 1. The van der Waals surface area contributed by atoms with Crippen molar-refractivity contribution in [2.45, 2.75) is 24.0 Å². The number of benzene rings is 1. The van der Waals surface area contributed by atoms with E-state index in [1.54, 1.807) is 0 Å². The molecule has 0 bridgehead atoms. The van der Waals surface area contributed by atoms with Gasteiger partial charge < -0.3 is 15.5 Å². The summed E-state index contributed by atoms with van der Waals surface area (Å²) in [6, 6.07) is 5.21. The number of aliphatic hydroxyl groups is 2. The molecule has 0 aliphatic rings. The fourth-order valence-electron chi connectivity index (χ4n) is 1.53. The highest BCUT2D eigenvalue weighted by molar-refractivity contribution is 7.85. The zero-order valence-corrected chi connectivity index (χ0v) is 11.0. The zero-order valence-electron chi connectivity index (χ0n) is 10.1. The zero-order chi connectivity index (χ0) is 14.6. The first-order valence-corrected chi connectivity index (χ1v) is 6.84. The van der Waals surface area contributed by atoms with Crippen LogP contribution in [0, 0.1) is 0 Å². The van der Waals surface area contributed by atoms with Gasteiger partial charge in [-0.25, -0.2) is 0 Å². The SMILES string of the molecule is CC(=O)NCC(O)C(O)c1ccccc1S(=O)(=O)O. The Labute approximate surface area is 110 Å². The Kier molecular flexibility index (Phi) is 5.01. The molecule has 2 unspecified atom stereocenters. The maximum atomic E-state index is 11.1. The molecule has 1 aromatic rings. The monoisotopic (exact) mass is 289 g/mol. The Hall–Kier alpha value is -1.48. The first kappa shape index (κ1) is 15.6. The van der Waals surface area contributed by atoms with E-state index in [4.69, 9.17) is 4.55 Å². The Morgan fingerprint density at radius 3 is 2.42 bits per heavy atom. The molecule has 0 aromatic heterocycles. The Morgan fingerprint density at radius 1 is 1.32 bits per heavy atom. The summed E-state index contributed by atoms with van der Waals surface area (Å²) in [7, 11) is -4.50. The topological polar surface area (TPSA) is 124 Å². The number of hydrogen-bond acceptors (Lipinski definition) is 5. The van der Waals surface area contributed by atoms with Gasteiger partial charge in [0.25, 0.3) is 10.1 Å². The molecule has 0 fully saturated rings. The normalized spacial score (nSPS) is 14.7. The lowest BCUT2D eigenvalue weighted by atomic mass is 10.0. The van der Waals surface area contributed by atoms with Crippen LogP contribution < -0.4 is 5.32 Å². The minimum atomic E-state index is -4.50. The molecule has 1 amide bonds. The minimum absolute atomic E-state index is 0.136. The highest BCUT2D eigenvalue weighted by Crippen LogP contribution is 2.24. The average Bonchev–Trinajstić information content (AvgIpc) is 2.34. The summed E-state index contributed by atoms with van der Waals surface area (Å²) < 4.78 is 31.3. The number of carbonyl (C=O) groups excluding carboxylic acids is 1. The van der Waals surface area contributed by atoms with Crippen LogP contribution in [0.2, 0.25) is 0 Å². The van der Waals surface area contributed by atoms with Gasteiger partial charge in [-0.2, -0.15) is 8.42 Å². The Balaban J connectivity index is 3.00. The lowest BCUT2D eigenvalue weighted by molar-refractivity contribution is -0.119. The summed E-state index contributed by atoms with van der Waals surface area (Å²) in [5.41, 5.74) is -0.136. The van der Waals surface area contributed by atoms with Crippen LogP contribution in [0.5, 0.6) is 0 Å². The van der Waals surface area contributed by atoms with Gasteiger partial charge in [0.05, 0.1) is 4.90 Å². The Bertz CT molecular complexity index is 556. The maximum Gasteiger partial charge on any atom is 0.294 e. The number of carbonyl (C=O) groups is 1. The second kappa shape index (κ2) is 6.11. The number of amides is 1. The minimum Gasteiger partial charge on any atom is -0.388 e. The van der Waals surface area contributed by atoms with Gasteiger partial charge in [0.2, 0.25) is 5.91 Å². The molecule has 1 rings (SSSR count). The average molecular weight is 289 g/mol. The summed E-state index contributed by atoms with van der Waals surface area (Å²) in [6.45, 7) is 1.00. The molecule has 0 aliphatic heterocycles. The largest absolute Gasteiger partial charge is 0.388 e. The molecule has 0 spiro atoms. The second-order valence-corrected chi connectivity index (χ2v) is 5.35. The molecule has 0 aliphatic carbocycles. The molecule has 0 heterocycles. The first-order valence-electron chi connectivity index (χ1n) is 5.40. The third-order valence-electron chi connectivity index (χ3n) is 2.44. The van der Waals surface area contributed by atoms with Gasteiger partial charge in [-0.1, -0.05) is 18.2 Å². The predicted molar refractivity (Wildman–Crippen MR) is 65.9 cm³/mol. The molecule has 4 N–H and O–H groups in total. The highest BCUT2D eigenvalue weighted by atomic mass is 32.2. The van der Waals surface area contributed by atoms with Crippen molar-refractivity contribution >= 4 is 16.0 Å². The summed E-state index contributed by atoms with van der Waals surface area (Å²) in [5, 5.41) is 21.8. The smallest absolute Gasteiger partial charge is 0.294 e. The van der Waals surface area contributed by atoms with Crippen molar-refractivity contribution < 1.29 is 28.0 Å². The van der Waals surface area contributed by atoms with Crippen LogP contribution in [0.3, 0.4) is 0 Å². The molecule has 1 aromatic carbocycles. The van der Waals surface area contributed by atoms with E-state index in [9.17, 15) is 23.4 Å². The van der Waals surface area contributed by atoms with E-state index < -0.39 is 33.1 Å². The third-order valence-corrected chi connectivity index (χ3v) is 3.37. The molecular formula is C11H15NO6S. The lowest BCUT2D eigenvalue weighted by Crippen LogP contribution is -2.34. The predicted octanol–water partition coefficient (Wildman–Crippen LogP) is -0.536. The summed E-state index contributed by atoms with van der Waals surface area (Å²) in [6.07, 6.45) is -2.95. The van der Waals surface area contributed by atoms with E-state index in [2.05, 4.69) is 5.32 Å². The van der Waals surface area contributed by atoms with E-state index in [1.165, 1.54) is 25.1 Å². The summed E-state index contributed by atoms with van der Waals surface area (Å²) in [4.78, 5) is 10.2. The lowest BCUT2D eigenvalue weighted by Gasteiger charge is -2.20. The molecule has 0 radical (unpaired) electrons. The second-order valence-electron chi connectivity index (χ2n) is 3.96. The van der Waals surface area contributed by atoms with E-state index in [0.29, 0.717) is 0 Å². The van der Waals surface area contributed by atoms with Crippen molar-refractivity contribution in [3.63, 3.8) is 0 Å². The van der Waals surface area contributed by atoms with Crippen molar-refractivity contribution in [1.82, 2.24) is 5.32 Å². The molecule has 106 valence electrons. The van der Waals surface area contributed by atoms with Crippen molar-refractivity contribution in [2.24, 2.45) is 0 Å². The first-order chi connectivity index (χ1) is 8.73.